The van der Waals surface area contributed by atoms with E-state index in [-0.39, 0.29) is 18.2 Å². The number of hydrogen-bond acceptors (Lipinski definition) is 7. The molecule has 8 nitrogen and oxygen atoms in total. The molecule has 5 aromatic rings. The van der Waals surface area contributed by atoms with Crippen molar-refractivity contribution in [3.8, 4) is 40.0 Å². The SMILES string of the molecule is COc1cc(/C=N/c2oc(-c3ccccc3)c(-c3ccccc3)c2C#N)ccc1OCc1ccc([N+](=O)[O-])cc1. The van der Waals surface area contributed by atoms with Gasteiger partial charge in [0.2, 0.25) is 5.88 Å². The van der Waals surface area contributed by atoms with Gasteiger partial charge in [0.15, 0.2) is 11.5 Å². The first-order valence-electron chi connectivity index (χ1n) is 12.3. The lowest BCUT2D eigenvalue weighted by Gasteiger charge is -2.11. The van der Waals surface area contributed by atoms with Crippen LogP contribution in [0.25, 0.3) is 22.5 Å². The summed E-state index contributed by atoms with van der Waals surface area (Å²) in [6.45, 7) is 0.213. The third-order valence-corrected chi connectivity index (χ3v) is 6.16. The molecule has 0 saturated heterocycles. The van der Waals surface area contributed by atoms with Gasteiger partial charge in [-0.2, -0.15) is 5.26 Å². The van der Waals surface area contributed by atoms with E-state index in [1.165, 1.54) is 19.2 Å². The van der Waals surface area contributed by atoms with Gasteiger partial charge >= 0.3 is 0 Å². The van der Waals surface area contributed by atoms with Crippen molar-refractivity contribution in [2.24, 2.45) is 4.99 Å². The Morgan fingerprint density at radius 3 is 2.23 bits per heavy atom. The van der Waals surface area contributed by atoms with E-state index in [9.17, 15) is 15.4 Å². The molecule has 0 aliphatic carbocycles. The summed E-state index contributed by atoms with van der Waals surface area (Å²) in [6.07, 6.45) is 1.60. The number of non-ortho nitro benzene ring substituents is 1. The van der Waals surface area contributed by atoms with Gasteiger partial charge in [0.1, 0.15) is 24.0 Å². The average molecular weight is 530 g/mol. The van der Waals surface area contributed by atoms with E-state index in [1.54, 1.807) is 30.5 Å². The molecule has 0 saturated carbocycles. The second-order valence-corrected chi connectivity index (χ2v) is 8.71. The lowest BCUT2D eigenvalue weighted by Crippen LogP contribution is -1.99. The molecule has 0 aliphatic rings. The van der Waals surface area contributed by atoms with Gasteiger partial charge in [0.05, 0.1) is 12.0 Å². The molecule has 1 aromatic heterocycles. The van der Waals surface area contributed by atoms with Gasteiger partial charge in [0.25, 0.3) is 5.69 Å². The molecule has 0 fully saturated rings. The zero-order chi connectivity index (χ0) is 27.9. The first kappa shape index (κ1) is 25.9. The Morgan fingerprint density at radius 2 is 1.60 bits per heavy atom. The number of rotatable bonds is 9. The molecular formula is C32H23N3O5. The number of ether oxygens (including phenoxy) is 2. The Labute approximate surface area is 230 Å². The summed E-state index contributed by atoms with van der Waals surface area (Å²) in [5.41, 5.74) is 4.25. The van der Waals surface area contributed by atoms with Crippen LogP contribution < -0.4 is 9.47 Å². The molecule has 0 aliphatic heterocycles. The number of methoxy groups -OCH3 is 1. The lowest BCUT2D eigenvalue weighted by molar-refractivity contribution is -0.384. The monoisotopic (exact) mass is 529 g/mol. The number of aliphatic imine (C=N–C) groups is 1. The molecular weight excluding hydrogens is 506 g/mol. The molecule has 0 amide bonds. The van der Waals surface area contributed by atoms with Crippen LogP contribution in [0.4, 0.5) is 11.6 Å². The third kappa shape index (κ3) is 5.59. The van der Waals surface area contributed by atoms with E-state index in [4.69, 9.17) is 13.9 Å². The van der Waals surface area contributed by atoms with Crippen LogP contribution in [0.5, 0.6) is 11.5 Å². The van der Waals surface area contributed by atoms with Crippen molar-refractivity contribution in [2.75, 3.05) is 7.11 Å². The first-order valence-corrected chi connectivity index (χ1v) is 12.3. The molecule has 8 heteroatoms. The summed E-state index contributed by atoms with van der Waals surface area (Å²) in [6, 6.07) is 33.0. The van der Waals surface area contributed by atoms with Gasteiger partial charge in [-0.3, -0.25) is 10.1 Å². The number of nitriles is 1. The van der Waals surface area contributed by atoms with E-state index < -0.39 is 4.92 Å². The quantitative estimate of drug-likeness (QED) is 0.110. The molecule has 4 aromatic carbocycles. The molecule has 40 heavy (non-hydrogen) atoms. The van der Waals surface area contributed by atoms with Crippen molar-refractivity contribution in [1.29, 1.82) is 5.26 Å². The van der Waals surface area contributed by atoms with Crippen LogP contribution in [0.2, 0.25) is 0 Å². The van der Waals surface area contributed by atoms with Crippen molar-refractivity contribution in [2.45, 2.75) is 6.61 Å². The second kappa shape index (κ2) is 11.8. The molecule has 0 N–H and O–H groups in total. The predicted octanol–water partition coefficient (Wildman–Crippen LogP) is 7.73. The zero-order valence-corrected chi connectivity index (χ0v) is 21.5. The minimum Gasteiger partial charge on any atom is -0.493 e. The summed E-state index contributed by atoms with van der Waals surface area (Å²) in [5.74, 6) is 1.77. The minimum atomic E-state index is -0.443. The van der Waals surface area contributed by atoms with Crippen LogP contribution in [0, 0.1) is 21.4 Å². The maximum atomic E-state index is 10.9. The van der Waals surface area contributed by atoms with Crippen LogP contribution in [0.1, 0.15) is 16.7 Å². The number of hydrogen-bond donors (Lipinski definition) is 0. The van der Waals surface area contributed by atoms with E-state index in [1.807, 2.05) is 66.7 Å². The fourth-order valence-electron chi connectivity index (χ4n) is 4.18. The molecule has 1 heterocycles. The van der Waals surface area contributed by atoms with Crippen LogP contribution in [0.15, 0.2) is 113 Å². The van der Waals surface area contributed by atoms with Gasteiger partial charge < -0.3 is 13.9 Å². The molecule has 0 radical (unpaired) electrons. The maximum absolute atomic E-state index is 10.9. The normalized spacial score (nSPS) is 10.8. The van der Waals surface area contributed by atoms with Gasteiger partial charge in [-0.25, -0.2) is 4.99 Å². The van der Waals surface area contributed by atoms with Crippen molar-refractivity contribution in [3.05, 3.63) is 130 Å². The van der Waals surface area contributed by atoms with E-state index in [0.29, 0.717) is 33.9 Å². The zero-order valence-electron chi connectivity index (χ0n) is 21.5. The molecule has 0 spiro atoms. The molecule has 196 valence electrons. The van der Waals surface area contributed by atoms with E-state index in [2.05, 4.69) is 11.1 Å². The fraction of sp³-hybridized carbons (Fsp3) is 0.0625. The Morgan fingerprint density at radius 1 is 0.925 bits per heavy atom. The maximum Gasteiger partial charge on any atom is 0.269 e. The van der Waals surface area contributed by atoms with Crippen molar-refractivity contribution in [1.82, 2.24) is 0 Å². The van der Waals surface area contributed by atoms with Gasteiger partial charge in [0, 0.05) is 29.5 Å². The molecule has 0 unspecified atom stereocenters. The second-order valence-electron chi connectivity index (χ2n) is 8.71. The summed E-state index contributed by atoms with van der Waals surface area (Å²) < 4.78 is 17.6. The largest absolute Gasteiger partial charge is 0.493 e. The highest BCUT2D eigenvalue weighted by Crippen LogP contribution is 2.42. The van der Waals surface area contributed by atoms with E-state index in [0.717, 1.165) is 16.7 Å². The lowest BCUT2D eigenvalue weighted by atomic mass is 9.98. The summed E-state index contributed by atoms with van der Waals surface area (Å²) in [5, 5.41) is 20.9. The smallest absolute Gasteiger partial charge is 0.269 e. The summed E-state index contributed by atoms with van der Waals surface area (Å²) >= 11 is 0. The highest BCUT2D eigenvalue weighted by Gasteiger charge is 2.22. The summed E-state index contributed by atoms with van der Waals surface area (Å²) in [7, 11) is 1.54. The molecule has 0 bridgehead atoms. The molecule has 5 rings (SSSR count). The number of benzene rings is 4. The first-order chi connectivity index (χ1) is 19.6. The highest BCUT2D eigenvalue weighted by atomic mass is 16.6. The van der Waals surface area contributed by atoms with Gasteiger partial charge in [-0.05, 0) is 47.0 Å². The van der Waals surface area contributed by atoms with Crippen molar-refractivity contribution in [3.63, 3.8) is 0 Å². The predicted molar refractivity (Wildman–Crippen MR) is 152 cm³/mol. The number of nitrogens with zero attached hydrogens (tertiary/aromatic N) is 3. The fourth-order valence-corrected chi connectivity index (χ4v) is 4.18. The number of furan rings is 1. The number of nitro groups is 1. The Bertz CT molecular complexity index is 1700. The average Bonchev–Trinajstić information content (AvgIpc) is 3.38. The Balaban J connectivity index is 1.42. The van der Waals surface area contributed by atoms with Crippen LogP contribution in [-0.4, -0.2) is 18.2 Å². The standard InChI is InChI=1S/C32H23N3O5/c1-38-29-18-23(14-17-28(29)39-21-22-12-15-26(16-13-22)35(36)37)20-34-32-27(19-33)30(24-8-4-2-5-9-24)31(40-32)25-10-6-3-7-11-25/h2-18,20H,21H2,1H3/b34-20+. The topological polar surface area (TPSA) is 111 Å². The Kier molecular flexibility index (Phi) is 7.65. The van der Waals surface area contributed by atoms with Crippen LogP contribution >= 0.6 is 0 Å². The van der Waals surface area contributed by atoms with Crippen molar-refractivity contribution < 1.29 is 18.8 Å². The molecule has 0 atom stereocenters. The minimum absolute atomic E-state index is 0.0212. The van der Waals surface area contributed by atoms with Crippen LogP contribution in [0.3, 0.4) is 0 Å². The third-order valence-electron chi connectivity index (χ3n) is 6.16. The van der Waals surface area contributed by atoms with E-state index >= 15 is 0 Å². The van der Waals surface area contributed by atoms with Gasteiger partial charge in [-0.15, -0.1) is 0 Å². The van der Waals surface area contributed by atoms with Crippen molar-refractivity contribution >= 4 is 17.8 Å². The number of nitro benzene ring substituents is 1. The van der Waals surface area contributed by atoms with Gasteiger partial charge in [-0.1, -0.05) is 60.7 Å². The highest BCUT2D eigenvalue weighted by molar-refractivity contribution is 5.90. The Hall–Kier alpha value is -5.68. The summed E-state index contributed by atoms with van der Waals surface area (Å²) in [4.78, 5) is 15.0. The van der Waals surface area contributed by atoms with Crippen LogP contribution in [-0.2, 0) is 6.61 Å².